The first-order valence-corrected chi connectivity index (χ1v) is 2.68. The number of alkyl halides is 1. The molecule has 1 unspecified atom stereocenters. The fourth-order valence-corrected chi connectivity index (χ4v) is 0.333. The van der Waals surface area contributed by atoms with E-state index in [1.165, 1.54) is 6.92 Å². The van der Waals surface area contributed by atoms with Gasteiger partial charge in [-0.15, -0.1) is 0 Å². The van der Waals surface area contributed by atoms with Gasteiger partial charge in [0.15, 0.2) is 0 Å². The van der Waals surface area contributed by atoms with Crippen LogP contribution in [0.2, 0.25) is 0 Å². The molecule has 2 nitrogen and oxygen atoms in total. The molecular weight excluding hydrogens is 109 g/mol. The number of halogens is 1. The molecule has 0 heterocycles. The molecule has 0 rings (SSSR count). The van der Waals surface area contributed by atoms with E-state index >= 15 is 0 Å². The van der Waals surface area contributed by atoms with Crippen LogP contribution in [0.4, 0.5) is 4.39 Å². The smallest absolute Gasteiger partial charge is 0.110 e. The molecule has 8 heavy (non-hydrogen) atoms. The van der Waals surface area contributed by atoms with Crippen molar-refractivity contribution in [3.05, 3.63) is 0 Å². The summed E-state index contributed by atoms with van der Waals surface area (Å²) in [6, 6.07) is 0. The van der Waals surface area contributed by atoms with Crippen molar-refractivity contribution in [2.24, 2.45) is 0 Å². The molecule has 0 aromatic carbocycles. The maximum Gasteiger partial charge on any atom is 0.110 e. The number of hydrogen-bond donors (Lipinski definition) is 2. The summed E-state index contributed by atoms with van der Waals surface area (Å²) in [5, 5.41) is 11.0. The summed E-state index contributed by atoms with van der Waals surface area (Å²) in [5.41, 5.74) is 0. The van der Waals surface area contributed by atoms with E-state index < -0.39 is 12.4 Å². The van der Waals surface area contributed by atoms with Crippen molar-refractivity contribution in [2.45, 2.75) is 26.2 Å². The molecule has 0 saturated heterocycles. The molecule has 0 saturated carbocycles. The Morgan fingerprint density at radius 3 is 2.25 bits per heavy atom. The van der Waals surface area contributed by atoms with Crippen molar-refractivity contribution < 1.29 is 9.50 Å². The highest BCUT2D eigenvalue weighted by Gasteiger charge is 1.97. The molecule has 2 atom stereocenters. The zero-order valence-corrected chi connectivity index (χ0v) is 5.19. The Bertz CT molecular complexity index is 48.4. The second kappa shape index (κ2) is 3.80. The predicted molar refractivity (Wildman–Crippen MR) is 30.3 cm³/mol. The van der Waals surface area contributed by atoms with Gasteiger partial charge in [0.1, 0.15) is 12.4 Å². The number of nitrogens with one attached hydrogen (secondary N) is 1. The Labute approximate surface area is 48.7 Å². The summed E-state index contributed by atoms with van der Waals surface area (Å²) in [6.07, 6.45) is -1.49. The van der Waals surface area contributed by atoms with Crippen molar-refractivity contribution in [3.8, 4) is 0 Å². The average molecular weight is 121 g/mol. The van der Waals surface area contributed by atoms with Gasteiger partial charge in [0.25, 0.3) is 0 Å². The fourth-order valence-electron chi connectivity index (χ4n) is 0.333. The van der Waals surface area contributed by atoms with Gasteiger partial charge in [-0.2, -0.15) is 0 Å². The number of hydrogen-bond acceptors (Lipinski definition) is 2. The highest BCUT2D eigenvalue weighted by molar-refractivity contribution is 4.51. The van der Waals surface area contributed by atoms with Crippen LogP contribution in [-0.4, -0.2) is 24.1 Å². The second-order valence-electron chi connectivity index (χ2n) is 1.86. The van der Waals surface area contributed by atoms with Gasteiger partial charge < -0.3 is 5.11 Å². The third-order valence-electron chi connectivity index (χ3n) is 0.695. The quantitative estimate of drug-likeness (QED) is 0.525. The minimum absolute atomic E-state index is 0.220. The van der Waals surface area contributed by atoms with Crippen LogP contribution in [0.1, 0.15) is 13.8 Å². The van der Waals surface area contributed by atoms with Crippen LogP contribution in [0.3, 0.4) is 0 Å². The molecule has 0 aromatic rings. The van der Waals surface area contributed by atoms with E-state index in [9.17, 15) is 4.39 Å². The first-order chi connectivity index (χ1) is 3.63. The molecule has 0 radical (unpaired) electrons. The number of aliphatic hydroxyl groups excluding tert-OH is 1. The van der Waals surface area contributed by atoms with Crippen LogP contribution in [-0.2, 0) is 0 Å². The molecular formula is C5H12FNO. The van der Waals surface area contributed by atoms with Gasteiger partial charge >= 0.3 is 0 Å². The van der Waals surface area contributed by atoms with Crippen molar-refractivity contribution in [3.63, 3.8) is 0 Å². The SMILES string of the molecule is CC(O)NC[C@H](C)F. The summed E-state index contributed by atoms with van der Waals surface area (Å²) in [6.45, 7) is 3.22. The van der Waals surface area contributed by atoms with E-state index in [1.54, 1.807) is 6.92 Å². The summed E-state index contributed by atoms with van der Waals surface area (Å²) in [4.78, 5) is 0. The Kier molecular flexibility index (Phi) is 3.73. The molecule has 0 aliphatic heterocycles. The van der Waals surface area contributed by atoms with Crippen LogP contribution in [0, 0.1) is 0 Å². The first kappa shape index (κ1) is 7.85. The summed E-state index contributed by atoms with van der Waals surface area (Å²) < 4.78 is 11.9. The zero-order valence-electron chi connectivity index (χ0n) is 5.19. The summed E-state index contributed by atoms with van der Waals surface area (Å²) in [5.74, 6) is 0. The van der Waals surface area contributed by atoms with Crippen molar-refractivity contribution in [1.29, 1.82) is 0 Å². The van der Waals surface area contributed by atoms with Gasteiger partial charge in [-0.1, -0.05) is 0 Å². The minimum Gasteiger partial charge on any atom is -0.379 e. The highest BCUT2D eigenvalue weighted by atomic mass is 19.1. The predicted octanol–water partition coefficient (Wildman–Crippen LogP) is 0.272. The van der Waals surface area contributed by atoms with Crippen LogP contribution in [0.25, 0.3) is 0 Å². The molecule has 0 aromatic heterocycles. The Morgan fingerprint density at radius 1 is 1.62 bits per heavy atom. The Morgan fingerprint density at radius 2 is 2.12 bits per heavy atom. The number of rotatable bonds is 3. The van der Waals surface area contributed by atoms with Crippen molar-refractivity contribution >= 4 is 0 Å². The van der Waals surface area contributed by atoms with Crippen LogP contribution < -0.4 is 5.32 Å². The zero-order chi connectivity index (χ0) is 6.57. The van der Waals surface area contributed by atoms with E-state index in [-0.39, 0.29) is 6.54 Å². The fraction of sp³-hybridized carbons (Fsp3) is 1.00. The lowest BCUT2D eigenvalue weighted by Gasteiger charge is -2.06. The van der Waals surface area contributed by atoms with Crippen LogP contribution in [0.15, 0.2) is 0 Å². The number of aliphatic hydroxyl groups is 1. The largest absolute Gasteiger partial charge is 0.379 e. The van der Waals surface area contributed by atoms with E-state index in [0.29, 0.717) is 0 Å². The van der Waals surface area contributed by atoms with Crippen LogP contribution in [0.5, 0.6) is 0 Å². The van der Waals surface area contributed by atoms with Gasteiger partial charge in [0.2, 0.25) is 0 Å². The van der Waals surface area contributed by atoms with Gasteiger partial charge in [-0.25, -0.2) is 4.39 Å². The molecule has 50 valence electrons. The molecule has 0 spiro atoms. The average Bonchev–Trinajstić information content (AvgIpc) is 1.61. The third-order valence-corrected chi connectivity index (χ3v) is 0.695. The lowest BCUT2D eigenvalue weighted by atomic mass is 10.4. The van der Waals surface area contributed by atoms with Crippen molar-refractivity contribution in [1.82, 2.24) is 5.32 Å². The molecule has 0 fully saturated rings. The van der Waals surface area contributed by atoms with E-state index in [1.807, 2.05) is 0 Å². The van der Waals surface area contributed by atoms with Gasteiger partial charge in [-0.3, -0.25) is 5.32 Å². The van der Waals surface area contributed by atoms with E-state index in [4.69, 9.17) is 5.11 Å². The maximum absolute atomic E-state index is 11.9. The minimum atomic E-state index is -0.885. The molecule has 0 amide bonds. The molecule has 3 heteroatoms. The lowest BCUT2D eigenvalue weighted by molar-refractivity contribution is 0.145. The van der Waals surface area contributed by atoms with Gasteiger partial charge in [0.05, 0.1) is 0 Å². The van der Waals surface area contributed by atoms with Gasteiger partial charge in [-0.05, 0) is 13.8 Å². The normalized spacial score (nSPS) is 18.0. The Hall–Kier alpha value is -0.150. The molecule has 0 aliphatic rings. The highest BCUT2D eigenvalue weighted by Crippen LogP contribution is 1.83. The van der Waals surface area contributed by atoms with E-state index in [2.05, 4.69) is 5.32 Å². The summed E-state index contributed by atoms with van der Waals surface area (Å²) in [7, 11) is 0. The van der Waals surface area contributed by atoms with Gasteiger partial charge in [0, 0.05) is 6.54 Å². The van der Waals surface area contributed by atoms with E-state index in [0.717, 1.165) is 0 Å². The maximum atomic E-state index is 11.9. The molecule has 0 aliphatic carbocycles. The molecule has 2 N–H and O–H groups in total. The molecule has 0 bridgehead atoms. The monoisotopic (exact) mass is 121 g/mol. The topological polar surface area (TPSA) is 32.3 Å². The summed E-state index contributed by atoms with van der Waals surface area (Å²) >= 11 is 0. The van der Waals surface area contributed by atoms with Crippen LogP contribution >= 0.6 is 0 Å². The first-order valence-electron chi connectivity index (χ1n) is 2.68. The standard InChI is InChI=1S/C5H12FNO/c1-4(6)3-7-5(2)8/h4-5,7-8H,3H2,1-2H3/t4-,5?/m0/s1. The second-order valence-corrected chi connectivity index (χ2v) is 1.86. The third kappa shape index (κ3) is 5.85. The lowest BCUT2D eigenvalue weighted by Crippen LogP contribution is -2.30. The van der Waals surface area contributed by atoms with Crippen molar-refractivity contribution in [2.75, 3.05) is 6.54 Å². The Balaban J connectivity index is 2.93.